The Morgan fingerprint density at radius 2 is 2.07 bits per heavy atom. The smallest absolute Gasteiger partial charge is 0.263 e. The number of furan rings is 1. The van der Waals surface area contributed by atoms with E-state index >= 15 is 0 Å². The highest BCUT2D eigenvalue weighted by Gasteiger charge is 2.16. The molecule has 0 radical (unpaired) electrons. The van der Waals surface area contributed by atoms with E-state index in [4.69, 9.17) is 4.42 Å². The molecule has 8 heteroatoms. The van der Waals surface area contributed by atoms with Crippen LogP contribution < -0.4 is 10.9 Å². The summed E-state index contributed by atoms with van der Waals surface area (Å²) in [5.74, 6) is 0.770. The standard InChI is InChI=1S/C22H21N3O3S2/c1-15-12-18-20(30-15)24-22(25(21(18)27)13-17-8-5-11-28-17)29-14-19(26)23-10-9-16-6-3-2-4-7-16/h2-8,11-12H,9-10,13-14H2,1H3,(H,23,26). The normalized spacial score (nSPS) is 11.1. The predicted octanol–water partition coefficient (Wildman–Crippen LogP) is 3.86. The minimum atomic E-state index is -0.118. The van der Waals surface area contributed by atoms with E-state index in [1.54, 1.807) is 16.9 Å². The number of thioether (sulfide) groups is 1. The third-order valence-electron chi connectivity index (χ3n) is 4.54. The van der Waals surface area contributed by atoms with Crippen molar-refractivity contribution in [3.05, 3.63) is 81.3 Å². The molecule has 1 aromatic carbocycles. The van der Waals surface area contributed by atoms with Gasteiger partial charge in [-0.2, -0.15) is 0 Å². The first-order valence-electron chi connectivity index (χ1n) is 9.57. The fourth-order valence-electron chi connectivity index (χ4n) is 3.10. The molecular formula is C22H21N3O3S2. The van der Waals surface area contributed by atoms with E-state index in [1.165, 1.54) is 28.7 Å². The number of hydrogen-bond acceptors (Lipinski definition) is 6. The number of hydrogen-bond donors (Lipinski definition) is 1. The van der Waals surface area contributed by atoms with Gasteiger partial charge in [0.05, 0.1) is 23.9 Å². The molecule has 3 heterocycles. The van der Waals surface area contributed by atoms with Crippen molar-refractivity contribution in [2.24, 2.45) is 0 Å². The molecule has 0 unspecified atom stereocenters. The Hall–Kier alpha value is -2.84. The summed E-state index contributed by atoms with van der Waals surface area (Å²) in [4.78, 5) is 31.7. The summed E-state index contributed by atoms with van der Waals surface area (Å²) in [6.07, 6.45) is 2.35. The Bertz CT molecular complexity index is 1200. The van der Waals surface area contributed by atoms with Gasteiger partial charge in [-0.15, -0.1) is 11.3 Å². The molecule has 154 valence electrons. The van der Waals surface area contributed by atoms with Crippen LogP contribution in [-0.2, 0) is 17.8 Å². The fourth-order valence-corrected chi connectivity index (χ4v) is 4.85. The third-order valence-corrected chi connectivity index (χ3v) is 6.47. The highest BCUT2D eigenvalue weighted by Crippen LogP contribution is 2.24. The van der Waals surface area contributed by atoms with Crippen molar-refractivity contribution in [1.29, 1.82) is 0 Å². The third kappa shape index (κ3) is 4.83. The molecule has 0 bridgehead atoms. The van der Waals surface area contributed by atoms with Gasteiger partial charge in [0.1, 0.15) is 10.6 Å². The topological polar surface area (TPSA) is 77.1 Å². The van der Waals surface area contributed by atoms with Crippen LogP contribution in [0.3, 0.4) is 0 Å². The molecule has 0 aliphatic rings. The summed E-state index contributed by atoms with van der Waals surface area (Å²) in [6, 6.07) is 15.5. The molecule has 6 nitrogen and oxygen atoms in total. The number of fused-ring (bicyclic) bond motifs is 1. The van der Waals surface area contributed by atoms with Crippen LogP contribution in [0.1, 0.15) is 16.2 Å². The molecule has 1 N–H and O–H groups in total. The van der Waals surface area contributed by atoms with E-state index in [-0.39, 0.29) is 23.8 Å². The van der Waals surface area contributed by atoms with Crippen LogP contribution in [0.5, 0.6) is 0 Å². The van der Waals surface area contributed by atoms with Gasteiger partial charge < -0.3 is 9.73 Å². The van der Waals surface area contributed by atoms with Crippen LogP contribution in [0.15, 0.2) is 69.2 Å². The van der Waals surface area contributed by atoms with Crippen LogP contribution in [0.2, 0.25) is 0 Å². The molecule has 0 fully saturated rings. The quantitative estimate of drug-likeness (QED) is 0.333. The van der Waals surface area contributed by atoms with Crippen molar-refractivity contribution in [2.75, 3.05) is 12.3 Å². The van der Waals surface area contributed by atoms with Crippen molar-refractivity contribution >= 4 is 39.2 Å². The molecule has 1 amide bonds. The number of carbonyl (C=O) groups is 1. The maximum absolute atomic E-state index is 13.0. The second-order valence-corrected chi connectivity index (χ2v) is 8.99. The number of nitrogens with zero attached hydrogens (tertiary/aromatic N) is 2. The van der Waals surface area contributed by atoms with Crippen LogP contribution in [-0.4, -0.2) is 27.8 Å². The Balaban J connectivity index is 1.46. The van der Waals surface area contributed by atoms with Gasteiger partial charge >= 0.3 is 0 Å². The second-order valence-electron chi connectivity index (χ2n) is 6.82. The lowest BCUT2D eigenvalue weighted by Gasteiger charge is -2.11. The van der Waals surface area contributed by atoms with E-state index in [2.05, 4.69) is 10.3 Å². The molecule has 0 aliphatic carbocycles. The van der Waals surface area contributed by atoms with Gasteiger partial charge in [-0.3, -0.25) is 14.2 Å². The molecule has 0 atom stereocenters. The van der Waals surface area contributed by atoms with Crippen molar-refractivity contribution in [3.8, 4) is 0 Å². The number of nitrogens with one attached hydrogen (secondary N) is 1. The van der Waals surface area contributed by atoms with Gasteiger partial charge in [0.15, 0.2) is 5.16 Å². The Kier molecular flexibility index (Phi) is 6.35. The van der Waals surface area contributed by atoms with Gasteiger partial charge in [0.2, 0.25) is 5.91 Å². The predicted molar refractivity (Wildman–Crippen MR) is 120 cm³/mol. The van der Waals surface area contributed by atoms with E-state index in [1.807, 2.05) is 49.4 Å². The molecule has 0 spiro atoms. The lowest BCUT2D eigenvalue weighted by Crippen LogP contribution is -2.28. The first-order chi connectivity index (χ1) is 14.6. The molecule has 30 heavy (non-hydrogen) atoms. The number of aromatic nitrogens is 2. The monoisotopic (exact) mass is 439 g/mol. The van der Waals surface area contributed by atoms with Crippen molar-refractivity contribution in [3.63, 3.8) is 0 Å². The number of amides is 1. The molecule has 0 saturated heterocycles. The zero-order valence-corrected chi connectivity index (χ0v) is 18.1. The summed E-state index contributed by atoms with van der Waals surface area (Å²) < 4.78 is 6.99. The highest BCUT2D eigenvalue weighted by atomic mass is 32.2. The summed E-state index contributed by atoms with van der Waals surface area (Å²) in [5, 5.41) is 4.05. The van der Waals surface area contributed by atoms with Crippen LogP contribution >= 0.6 is 23.1 Å². The van der Waals surface area contributed by atoms with Gasteiger partial charge in [-0.05, 0) is 37.1 Å². The maximum Gasteiger partial charge on any atom is 0.263 e. The zero-order chi connectivity index (χ0) is 20.9. The Morgan fingerprint density at radius 1 is 1.23 bits per heavy atom. The van der Waals surface area contributed by atoms with Gasteiger partial charge in [-0.1, -0.05) is 42.1 Å². The molecule has 4 aromatic rings. The largest absolute Gasteiger partial charge is 0.467 e. The molecule has 4 rings (SSSR count). The highest BCUT2D eigenvalue weighted by molar-refractivity contribution is 7.99. The summed E-state index contributed by atoms with van der Waals surface area (Å²) in [6.45, 7) is 2.80. The summed E-state index contributed by atoms with van der Waals surface area (Å²) in [7, 11) is 0. The average molecular weight is 440 g/mol. The molecular weight excluding hydrogens is 418 g/mol. The summed E-state index contributed by atoms with van der Waals surface area (Å²) >= 11 is 2.75. The molecule has 3 aromatic heterocycles. The minimum Gasteiger partial charge on any atom is -0.467 e. The molecule has 0 aliphatic heterocycles. The van der Waals surface area contributed by atoms with Crippen LogP contribution in [0.4, 0.5) is 0 Å². The second kappa shape index (κ2) is 9.32. The Labute approximate surface area is 181 Å². The van der Waals surface area contributed by atoms with E-state index in [0.717, 1.165) is 11.3 Å². The first kappa shape index (κ1) is 20.4. The number of carbonyl (C=O) groups excluding carboxylic acids is 1. The Morgan fingerprint density at radius 3 is 2.83 bits per heavy atom. The van der Waals surface area contributed by atoms with Crippen molar-refractivity contribution in [1.82, 2.24) is 14.9 Å². The lowest BCUT2D eigenvalue weighted by molar-refractivity contribution is -0.118. The SMILES string of the molecule is Cc1cc2c(=O)n(Cc3ccco3)c(SCC(=O)NCCc3ccccc3)nc2s1. The summed E-state index contributed by atoms with van der Waals surface area (Å²) in [5.41, 5.74) is 1.06. The number of thiophene rings is 1. The van der Waals surface area contributed by atoms with Gasteiger partial charge in [0.25, 0.3) is 5.56 Å². The lowest BCUT2D eigenvalue weighted by atomic mass is 10.1. The minimum absolute atomic E-state index is 0.0859. The molecule has 0 saturated carbocycles. The zero-order valence-electron chi connectivity index (χ0n) is 16.5. The van der Waals surface area contributed by atoms with Crippen molar-refractivity contribution in [2.45, 2.75) is 25.0 Å². The number of aryl methyl sites for hydroxylation is 1. The first-order valence-corrected chi connectivity index (χ1v) is 11.4. The number of benzene rings is 1. The number of rotatable bonds is 8. The average Bonchev–Trinajstić information content (AvgIpc) is 3.39. The van der Waals surface area contributed by atoms with Crippen LogP contribution in [0, 0.1) is 6.92 Å². The maximum atomic E-state index is 13.0. The van der Waals surface area contributed by atoms with Gasteiger partial charge in [0, 0.05) is 11.4 Å². The fraction of sp³-hybridized carbons (Fsp3) is 0.227. The van der Waals surface area contributed by atoms with E-state index in [9.17, 15) is 9.59 Å². The van der Waals surface area contributed by atoms with E-state index < -0.39 is 0 Å². The van der Waals surface area contributed by atoms with Crippen LogP contribution in [0.25, 0.3) is 10.2 Å². The van der Waals surface area contributed by atoms with Crippen molar-refractivity contribution < 1.29 is 9.21 Å². The van der Waals surface area contributed by atoms with E-state index in [0.29, 0.717) is 27.7 Å². The van der Waals surface area contributed by atoms with Gasteiger partial charge in [-0.25, -0.2) is 4.98 Å².